The standard InChI is InChI=1S/C14H18N8.4ClH/c15-11-5-19-21(13(11)17)7-9-2-1-3-10(4-9)8-22-14(18)12(16)6-20-22;;;;/h1-6H,7-8,15-18H2;4*1H. The number of nitrogen functional groups attached to an aromatic ring is 4. The minimum Gasteiger partial charge on any atom is -0.394 e. The lowest BCUT2D eigenvalue weighted by atomic mass is 10.1. The van der Waals surface area contributed by atoms with Gasteiger partial charge in [0.1, 0.15) is 11.6 Å². The Morgan fingerprint density at radius 3 is 1.38 bits per heavy atom. The molecule has 0 aliphatic heterocycles. The Morgan fingerprint density at radius 1 is 0.692 bits per heavy atom. The normalized spacial score (nSPS) is 9.23. The molecule has 0 amide bonds. The average Bonchev–Trinajstić information content (AvgIpc) is 2.98. The predicted molar refractivity (Wildman–Crippen MR) is 116 cm³/mol. The van der Waals surface area contributed by atoms with Crippen molar-refractivity contribution in [2.75, 3.05) is 22.9 Å². The lowest BCUT2D eigenvalue weighted by Crippen LogP contribution is -2.09. The van der Waals surface area contributed by atoms with Crippen LogP contribution in [0.25, 0.3) is 0 Å². The molecule has 1 aromatic carbocycles. The number of halogens is 4. The maximum Gasteiger partial charge on any atom is 0.145 e. The number of aromatic nitrogens is 4. The van der Waals surface area contributed by atoms with E-state index in [4.69, 9.17) is 22.9 Å². The van der Waals surface area contributed by atoms with Crippen LogP contribution in [0.1, 0.15) is 11.1 Å². The molecule has 0 aliphatic carbocycles. The lowest BCUT2D eigenvalue weighted by Gasteiger charge is -2.08. The zero-order valence-electron chi connectivity index (χ0n) is 13.6. The molecule has 3 aromatic rings. The second kappa shape index (κ2) is 10.9. The molecule has 0 fully saturated rings. The Bertz CT molecular complexity index is 754. The van der Waals surface area contributed by atoms with E-state index >= 15 is 0 Å². The van der Waals surface area contributed by atoms with E-state index in [2.05, 4.69) is 16.3 Å². The molecule has 146 valence electrons. The van der Waals surface area contributed by atoms with Gasteiger partial charge in [-0.15, -0.1) is 49.6 Å². The van der Waals surface area contributed by atoms with Crippen molar-refractivity contribution in [1.82, 2.24) is 19.6 Å². The van der Waals surface area contributed by atoms with Crippen LogP contribution < -0.4 is 22.9 Å². The Labute approximate surface area is 175 Å². The highest BCUT2D eigenvalue weighted by atomic mass is 35.5. The molecular formula is C14H22Cl4N8. The third-order valence-electron chi connectivity index (χ3n) is 3.48. The first-order valence-corrected chi connectivity index (χ1v) is 6.76. The van der Waals surface area contributed by atoms with E-state index in [1.165, 1.54) is 0 Å². The molecule has 12 heteroatoms. The third-order valence-corrected chi connectivity index (χ3v) is 3.48. The molecule has 0 bridgehead atoms. The van der Waals surface area contributed by atoms with E-state index in [0.717, 1.165) is 11.1 Å². The van der Waals surface area contributed by atoms with Gasteiger partial charge in [0.05, 0.1) is 36.9 Å². The van der Waals surface area contributed by atoms with Crippen molar-refractivity contribution < 1.29 is 0 Å². The fraction of sp³-hybridized carbons (Fsp3) is 0.143. The van der Waals surface area contributed by atoms with Crippen LogP contribution in [0.5, 0.6) is 0 Å². The summed E-state index contributed by atoms with van der Waals surface area (Å²) in [5, 5.41) is 8.31. The van der Waals surface area contributed by atoms with Gasteiger partial charge in [-0.2, -0.15) is 10.2 Å². The maximum absolute atomic E-state index is 5.87. The van der Waals surface area contributed by atoms with E-state index in [1.54, 1.807) is 21.8 Å². The quantitative estimate of drug-likeness (QED) is 0.487. The summed E-state index contributed by atoms with van der Waals surface area (Å²) in [6, 6.07) is 8.02. The first-order valence-electron chi connectivity index (χ1n) is 6.76. The summed E-state index contributed by atoms with van der Waals surface area (Å²) in [5.74, 6) is 0.934. The Balaban J connectivity index is 0. The van der Waals surface area contributed by atoms with Crippen LogP contribution in [0.4, 0.5) is 23.0 Å². The molecule has 0 spiro atoms. The lowest BCUT2D eigenvalue weighted by molar-refractivity contribution is 0.684. The topological polar surface area (TPSA) is 140 Å². The number of anilines is 4. The van der Waals surface area contributed by atoms with Gasteiger partial charge in [0, 0.05) is 0 Å². The summed E-state index contributed by atoms with van der Waals surface area (Å²) >= 11 is 0. The van der Waals surface area contributed by atoms with Crippen molar-refractivity contribution in [3.05, 3.63) is 47.8 Å². The Kier molecular flexibility index (Phi) is 11.0. The Morgan fingerprint density at radius 2 is 1.08 bits per heavy atom. The van der Waals surface area contributed by atoms with Crippen LogP contribution >= 0.6 is 49.6 Å². The van der Waals surface area contributed by atoms with E-state index in [0.29, 0.717) is 36.1 Å². The van der Waals surface area contributed by atoms with Crippen LogP contribution in [-0.4, -0.2) is 19.6 Å². The predicted octanol–water partition coefficient (Wildman–Crippen LogP) is 2.19. The van der Waals surface area contributed by atoms with Crippen LogP contribution in [0, 0.1) is 0 Å². The first kappa shape index (κ1) is 26.2. The molecule has 0 saturated heterocycles. The van der Waals surface area contributed by atoms with Crippen LogP contribution in [0.15, 0.2) is 36.7 Å². The molecule has 8 nitrogen and oxygen atoms in total. The average molecular weight is 444 g/mol. The van der Waals surface area contributed by atoms with Crippen molar-refractivity contribution >= 4 is 72.6 Å². The van der Waals surface area contributed by atoms with Crippen molar-refractivity contribution in [3.63, 3.8) is 0 Å². The molecular weight excluding hydrogens is 422 g/mol. The zero-order valence-corrected chi connectivity index (χ0v) is 16.9. The van der Waals surface area contributed by atoms with Crippen LogP contribution in [-0.2, 0) is 13.1 Å². The highest BCUT2D eigenvalue weighted by Crippen LogP contribution is 2.17. The molecule has 2 aromatic heterocycles. The minimum absolute atomic E-state index is 0. The van der Waals surface area contributed by atoms with Crippen LogP contribution in [0.2, 0.25) is 0 Å². The summed E-state index contributed by atoms with van der Waals surface area (Å²) in [5.41, 5.74) is 26.2. The van der Waals surface area contributed by atoms with Gasteiger partial charge in [-0.3, -0.25) is 0 Å². The third kappa shape index (κ3) is 5.50. The minimum atomic E-state index is 0. The maximum atomic E-state index is 5.87. The van der Waals surface area contributed by atoms with Gasteiger partial charge in [-0.1, -0.05) is 24.3 Å². The number of nitrogens with zero attached hydrogens (tertiary/aromatic N) is 4. The van der Waals surface area contributed by atoms with Crippen molar-refractivity contribution in [3.8, 4) is 0 Å². The molecule has 0 unspecified atom stereocenters. The fourth-order valence-corrected chi connectivity index (χ4v) is 2.24. The molecule has 3 rings (SSSR count). The molecule has 8 N–H and O–H groups in total. The second-order valence-corrected chi connectivity index (χ2v) is 5.11. The van der Waals surface area contributed by atoms with Crippen LogP contribution in [0.3, 0.4) is 0 Å². The number of hydrogen-bond donors (Lipinski definition) is 4. The highest BCUT2D eigenvalue weighted by molar-refractivity contribution is 5.86. The summed E-state index contributed by atoms with van der Waals surface area (Å²) in [7, 11) is 0. The summed E-state index contributed by atoms with van der Waals surface area (Å²) < 4.78 is 3.32. The molecule has 0 atom stereocenters. The van der Waals surface area contributed by atoms with Gasteiger partial charge in [0.15, 0.2) is 0 Å². The van der Waals surface area contributed by atoms with Gasteiger partial charge >= 0.3 is 0 Å². The Hall–Kier alpha value is -2.00. The summed E-state index contributed by atoms with van der Waals surface area (Å²) in [4.78, 5) is 0. The molecule has 0 saturated carbocycles. The second-order valence-electron chi connectivity index (χ2n) is 5.11. The van der Waals surface area contributed by atoms with E-state index in [1.807, 2.05) is 18.2 Å². The van der Waals surface area contributed by atoms with Crippen molar-refractivity contribution in [2.24, 2.45) is 0 Å². The molecule has 2 heterocycles. The van der Waals surface area contributed by atoms with Gasteiger partial charge < -0.3 is 22.9 Å². The summed E-state index contributed by atoms with van der Waals surface area (Å²) in [6.45, 7) is 1.10. The smallest absolute Gasteiger partial charge is 0.145 e. The number of nitrogens with two attached hydrogens (primary N) is 4. The number of hydrogen-bond acceptors (Lipinski definition) is 6. The first-order chi connectivity index (χ1) is 10.5. The van der Waals surface area contributed by atoms with E-state index < -0.39 is 0 Å². The van der Waals surface area contributed by atoms with Gasteiger partial charge in [0.25, 0.3) is 0 Å². The van der Waals surface area contributed by atoms with Crippen molar-refractivity contribution in [2.45, 2.75) is 13.1 Å². The van der Waals surface area contributed by atoms with Gasteiger partial charge in [-0.05, 0) is 11.1 Å². The van der Waals surface area contributed by atoms with Crippen molar-refractivity contribution in [1.29, 1.82) is 0 Å². The molecule has 0 aliphatic rings. The monoisotopic (exact) mass is 442 g/mol. The van der Waals surface area contributed by atoms with Gasteiger partial charge in [-0.25, -0.2) is 9.36 Å². The number of rotatable bonds is 4. The highest BCUT2D eigenvalue weighted by Gasteiger charge is 2.07. The largest absolute Gasteiger partial charge is 0.394 e. The zero-order chi connectivity index (χ0) is 15.7. The SMILES string of the molecule is Cl.Cl.Cl.Cl.Nc1cnn(Cc2cccc(Cn3ncc(N)c3N)c2)c1N. The molecule has 26 heavy (non-hydrogen) atoms. The van der Waals surface area contributed by atoms with E-state index in [9.17, 15) is 0 Å². The fourth-order valence-electron chi connectivity index (χ4n) is 2.24. The van der Waals surface area contributed by atoms with E-state index in [-0.39, 0.29) is 49.6 Å². The molecule has 0 radical (unpaired) electrons. The number of benzene rings is 1. The van der Waals surface area contributed by atoms with Gasteiger partial charge in [0.2, 0.25) is 0 Å². The summed E-state index contributed by atoms with van der Waals surface area (Å²) in [6.07, 6.45) is 3.10.